The minimum atomic E-state index is -0.746. The van der Waals surface area contributed by atoms with Crippen LogP contribution in [0.1, 0.15) is 24.0 Å². The third-order valence-electron chi connectivity index (χ3n) is 4.48. The quantitative estimate of drug-likeness (QED) is 0.862. The molecule has 112 valence electrons. The zero-order chi connectivity index (χ0) is 15.0. The molecule has 1 N–H and O–H groups in total. The summed E-state index contributed by atoms with van der Waals surface area (Å²) in [7, 11) is 0. The molecule has 0 saturated carbocycles. The fourth-order valence-electron chi connectivity index (χ4n) is 3.18. The van der Waals surface area contributed by atoms with Gasteiger partial charge in [0.1, 0.15) is 0 Å². The van der Waals surface area contributed by atoms with Crippen LogP contribution in [0.4, 0.5) is 10.5 Å². The number of nitrogens with zero attached hydrogens (tertiary/aromatic N) is 2. The fraction of sp³-hybridized carbons (Fsp3) is 0.500. The van der Waals surface area contributed by atoms with Crippen LogP contribution in [0, 0.1) is 12.8 Å². The van der Waals surface area contributed by atoms with Gasteiger partial charge in [-0.2, -0.15) is 0 Å². The lowest BCUT2D eigenvalue weighted by Gasteiger charge is -2.33. The van der Waals surface area contributed by atoms with E-state index in [0.29, 0.717) is 25.9 Å². The van der Waals surface area contributed by atoms with E-state index in [2.05, 4.69) is 18.2 Å². The van der Waals surface area contributed by atoms with Gasteiger partial charge in [-0.3, -0.25) is 9.69 Å². The molecule has 0 atom stereocenters. The molecular formula is C16H20N2O3. The molecule has 0 aromatic heterocycles. The summed E-state index contributed by atoms with van der Waals surface area (Å²) < 4.78 is 0. The van der Waals surface area contributed by atoms with Crippen molar-refractivity contribution in [1.82, 2.24) is 4.90 Å². The van der Waals surface area contributed by atoms with E-state index in [4.69, 9.17) is 5.11 Å². The van der Waals surface area contributed by atoms with Crippen molar-refractivity contribution in [3.05, 3.63) is 29.3 Å². The first-order valence-electron chi connectivity index (χ1n) is 7.45. The van der Waals surface area contributed by atoms with Crippen molar-refractivity contribution in [2.24, 2.45) is 5.92 Å². The minimum Gasteiger partial charge on any atom is -0.481 e. The molecule has 2 aliphatic rings. The van der Waals surface area contributed by atoms with E-state index in [1.165, 1.54) is 5.56 Å². The molecule has 0 aliphatic carbocycles. The molecule has 1 aromatic carbocycles. The molecule has 0 radical (unpaired) electrons. The van der Waals surface area contributed by atoms with Gasteiger partial charge >= 0.3 is 12.0 Å². The number of urea groups is 1. The molecule has 1 saturated heterocycles. The van der Waals surface area contributed by atoms with Crippen molar-refractivity contribution in [2.75, 3.05) is 24.5 Å². The van der Waals surface area contributed by atoms with Crippen molar-refractivity contribution < 1.29 is 14.7 Å². The van der Waals surface area contributed by atoms with Crippen LogP contribution < -0.4 is 4.90 Å². The Hall–Kier alpha value is -2.04. The number of carbonyl (C=O) groups excluding carboxylic acids is 1. The summed E-state index contributed by atoms with van der Waals surface area (Å²) in [5.74, 6) is -1.05. The van der Waals surface area contributed by atoms with Crippen molar-refractivity contribution in [1.29, 1.82) is 0 Å². The Morgan fingerprint density at radius 1 is 1.19 bits per heavy atom. The summed E-state index contributed by atoms with van der Waals surface area (Å²) >= 11 is 0. The molecule has 2 amide bonds. The zero-order valence-corrected chi connectivity index (χ0v) is 12.2. The predicted molar refractivity (Wildman–Crippen MR) is 79.6 cm³/mol. The van der Waals surface area contributed by atoms with Crippen LogP contribution in [0.3, 0.4) is 0 Å². The number of carboxylic acid groups (broad SMARTS) is 1. The maximum Gasteiger partial charge on any atom is 0.324 e. The van der Waals surface area contributed by atoms with Gasteiger partial charge in [-0.15, -0.1) is 0 Å². The highest BCUT2D eigenvalue weighted by molar-refractivity contribution is 5.94. The molecule has 2 aliphatic heterocycles. The van der Waals surface area contributed by atoms with E-state index >= 15 is 0 Å². The van der Waals surface area contributed by atoms with E-state index in [0.717, 1.165) is 24.2 Å². The Morgan fingerprint density at radius 2 is 1.90 bits per heavy atom. The van der Waals surface area contributed by atoms with Crippen molar-refractivity contribution in [3.63, 3.8) is 0 Å². The lowest BCUT2D eigenvalue weighted by molar-refractivity contribution is -0.143. The van der Waals surface area contributed by atoms with Crippen LogP contribution in [0.5, 0.6) is 0 Å². The fourth-order valence-corrected chi connectivity index (χ4v) is 3.18. The highest BCUT2D eigenvalue weighted by atomic mass is 16.4. The van der Waals surface area contributed by atoms with Gasteiger partial charge < -0.3 is 10.0 Å². The van der Waals surface area contributed by atoms with Gasteiger partial charge in [0.25, 0.3) is 0 Å². The van der Waals surface area contributed by atoms with Crippen molar-refractivity contribution in [2.45, 2.75) is 26.2 Å². The van der Waals surface area contributed by atoms with Crippen LogP contribution in [0.15, 0.2) is 18.2 Å². The monoisotopic (exact) mass is 288 g/mol. The molecule has 2 heterocycles. The highest BCUT2D eigenvalue weighted by Crippen LogP contribution is 2.30. The highest BCUT2D eigenvalue weighted by Gasteiger charge is 2.32. The van der Waals surface area contributed by atoms with Crippen molar-refractivity contribution >= 4 is 17.7 Å². The second-order valence-corrected chi connectivity index (χ2v) is 5.92. The van der Waals surface area contributed by atoms with Gasteiger partial charge in [-0.1, -0.05) is 12.1 Å². The van der Waals surface area contributed by atoms with E-state index in [-0.39, 0.29) is 11.9 Å². The number of piperidine rings is 1. The van der Waals surface area contributed by atoms with Gasteiger partial charge in [0, 0.05) is 25.3 Å². The Labute approximate surface area is 124 Å². The van der Waals surface area contributed by atoms with E-state index in [1.807, 2.05) is 11.8 Å². The first kappa shape index (κ1) is 13.9. The van der Waals surface area contributed by atoms with Gasteiger partial charge in [-0.05, 0) is 43.4 Å². The standard InChI is InChI=1S/C16H20N2O3/c1-11-2-3-12-6-9-18(14(12)10-11)16(21)17-7-4-13(5-8-17)15(19)20/h2-3,10,13H,4-9H2,1H3,(H,19,20). The van der Waals surface area contributed by atoms with Crippen LogP contribution in [0.2, 0.25) is 0 Å². The number of hydrogen-bond donors (Lipinski definition) is 1. The summed E-state index contributed by atoms with van der Waals surface area (Å²) in [6, 6.07) is 6.24. The second-order valence-electron chi connectivity index (χ2n) is 5.92. The summed E-state index contributed by atoms with van der Waals surface area (Å²) in [5.41, 5.74) is 3.38. The second kappa shape index (κ2) is 5.39. The Morgan fingerprint density at radius 3 is 2.57 bits per heavy atom. The molecule has 0 unspecified atom stereocenters. The minimum absolute atomic E-state index is 0.0168. The lowest BCUT2D eigenvalue weighted by atomic mass is 9.97. The SMILES string of the molecule is Cc1ccc2c(c1)N(C(=O)N1CCC(C(=O)O)CC1)CC2. The Bertz CT molecular complexity index is 577. The Kier molecular flexibility index (Phi) is 3.57. The average molecular weight is 288 g/mol. The molecule has 0 bridgehead atoms. The normalized spacial score (nSPS) is 18.7. The number of amides is 2. The number of rotatable bonds is 1. The number of carboxylic acids is 1. The summed E-state index contributed by atoms with van der Waals surface area (Å²) in [6.45, 7) is 3.82. The lowest BCUT2D eigenvalue weighted by Crippen LogP contribution is -2.47. The molecule has 5 nitrogen and oxygen atoms in total. The molecule has 1 fully saturated rings. The van der Waals surface area contributed by atoms with Crippen LogP contribution in [-0.2, 0) is 11.2 Å². The topological polar surface area (TPSA) is 60.9 Å². The van der Waals surface area contributed by atoms with E-state index in [9.17, 15) is 9.59 Å². The maximum absolute atomic E-state index is 12.7. The first-order chi connectivity index (χ1) is 10.1. The number of aryl methyl sites for hydroxylation is 1. The summed E-state index contributed by atoms with van der Waals surface area (Å²) in [5, 5.41) is 9.02. The number of aliphatic carboxylic acids is 1. The van der Waals surface area contributed by atoms with E-state index < -0.39 is 5.97 Å². The number of anilines is 1. The number of hydrogen-bond acceptors (Lipinski definition) is 2. The van der Waals surface area contributed by atoms with Crippen LogP contribution >= 0.6 is 0 Å². The van der Waals surface area contributed by atoms with Gasteiger partial charge in [-0.25, -0.2) is 4.79 Å². The molecule has 21 heavy (non-hydrogen) atoms. The molecule has 5 heteroatoms. The number of benzene rings is 1. The third kappa shape index (κ3) is 2.60. The average Bonchev–Trinajstić information content (AvgIpc) is 2.89. The number of carbonyl (C=O) groups is 2. The Balaban J connectivity index is 1.71. The van der Waals surface area contributed by atoms with E-state index in [1.54, 1.807) is 4.90 Å². The molecular weight excluding hydrogens is 268 g/mol. The van der Waals surface area contributed by atoms with Crippen molar-refractivity contribution in [3.8, 4) is 0 Å². The van der Waals surface area contributed by atoms with Crippen LogP contribution in [-0.4, -0.2) is 41.6 Å². The van der Waals surface area contributed by atoms with Gasteiger partial charge in [0.15, 0.2) is 0 Å². The summed E-state index contributed by atoms with van der Waals surface area (Å²) in [4.78, 5) is 27.3. The summed E-state index contributed by atoms with van der Waals surface area (Å²) in [6.07, 6.45) is 2.00. The number of fused-ring (bicyclic) bond motifs is 1. The largest absolute Gasteiger partial charge is 0.481 e. The molecule has 1 aromatic rings. The zero-order valence-electron chi connectivity index (χ0n) is 12.2. The third-order valence-corrected chi connectivity index (χ3v) is 4.48. The maximum atomic E-state index is 12.7. The van der Waals surface area contributed by atoms with Crippen LogP contribution in [0.25, 0.3) is 0 Å². The predicted octanol–water partition coefficient (Wildman–Crippen LogP) is 2.27. The number of likely N-dealkylation sites (tertiary alicyclic amines) is 1. The van der Waals surface area contributed by atoms with Gasteiger partial charge in [0.2, 0.25) is 0 Å². The van der Waals surface area contributed by atoms with Gasteiger partial charge in [0.05, 0.1) is 5.92 Å². The smallest absolute Gasteiger partial charge is 0.324 e. The first-order valence-corrected chi connectivity index (χ1v) is 7.45. The molecule has 3 rings (SSSR count). The molecule has 0 spiro atoms.